The topological polar surface area (TPSA) is 43.6 Å². The fraction of sp³-hybridized carbons (Fsp3) is 0. The molecule has 4 heteroatoms. The van der Waals surface area contributed by atoms with Crippen LogP contribution >= 0.6 is 0 Å². The molecule has 0 aliphatic rings. The third-order valence-electron chi connectivity index (χ3n) is 3.13. The van der Waals surface area contributed by atoms with Gasteiger partial charge < -0.3 is 0 Å². The molecule has 0 amide bonds. The molecule has 0 aliphatic carbocycles. The zero-order valence-corrected chi connectivity index (χ0v) is 10.1. The van der Waals surface area contributed by atoms with E-state index in [2.05, 4.69) is 15.1 Å². The number of nitrogens with zero attached hydrogens (tertiary/aromatic N) is 4. The second-order valence-corrected chi connectivity index (χ2v) is 4.33. The number of aromatic nitrogens is 4. The van der Waals surface area contributed by atoms with Crippen LogP contribution < -0.4 is 0 Å². The zero-order chi connectivity index (χ0) is 12.7. The summed E-state index contributed by atoms with van der Waals surface area (Å²) in [6.45, 7) is 0. The molecule has 0 atom stereocenters. The molecule has 0 saturated heterocycles. The van der Waals surface area contributed by atoms with Gasteiger partial charge >= 0.3 is 0 Å². The van der Waals surface area contributed by atoms with Gasteiger partial charge in [0, 0.05) is 5.39 Å². The summed E-state index contributed by atoms with van der Waals surface area (Å²) < 4.78 is 1.81. The molecule has 4 nitrogen and oxygen atoms in total. The van der Waals surface area contributed by atoms with Crippen molar-refractivity contribution in [2.45, 2.75) is 0 Å². The Labute approximate surface area is 109 Å². The van der Waals surface area contributed by atoms with E-state index >= 15 is 0 Å². The Morgan fingerprint density at radius 2 is 1.58 bits per heavy atom. The second-order valence-electron chi connectivity index (χ2n) is 4.33. The van der Waals surface area contributed by atoms with Gasteiger partial charge in [0.05, 0.1) is 28.9 Å². The standard InChI is InChI=1S/C15H10N4/c1-4-8-14-11(5-1)9-17-19(14)15-10-16-12-6-2-3-7-13(12)18-15/h1-10H. The molecule has 0 unspecified atom stereocenters. The predicted octanol–water partition coefficient (Wildman–Crippen LogP) is 2.97. The normalized spacial score (nSPS) is 11.2. The van der Waals surface area contributed by atoms with Crippen molar-refractivity contribution in [3.63, 3.8) is 0 Å². The molecule has 90 valence electrons. The van der Waals surface area contributed by atoms with E-state index < -0.39 is 0 Å². The monoisotopic (exact) mass is 246 g/mol. The van der Waals surface area contributed by atoms with Gasteiger partial charge in [0.25, 0.3) is 0 Å². The molecule has 4 rings (SSSR count). The van der Waals surface area contributed by atoms with E-state index in [1.165, 1.54) is 0 Å². The molecular weight excluding hydrogens is 236 g/mol. The fourth-order valence-electron chi connectivity index (χ4n) is 2.20. The highest BCUT2D eigenvalue weighted by Gasteiger charge is 2.06. The lowest BCUT2D eigenvalue weighted by Crippen LogP contribution is -2.00. The first-order chi connectivity index (χ1) is 9.42. The minimum atomic E-state index is 0.736. The van der Waals surface area contributed by atoms with Crippen LogP contribution in [0.15, 0.2) is 60.9 Å². The number of benzene rings is 2. The molecule has 19 heavy (non-hydrogen) atoms. The van der Waals surface area contributed by atoms with Crippen LogP contribution in [0.3, 0.4) is 0 Å². The van der Waals surface area contributed by atoms with Crippen LogP contribution in [0.5, 0.6) is 0 Å². The highest BCUT2D eigenvalue weighted by atomic mass is 15.3. The van der Waals surface area contributed by atoms with Crippen molar-refractivity contribution in [1.29, 1.82) is 0 Å². The van der Waals surface area contributed by atoms with Crippen molar-refractivity contribution in [2.75, 3.05) is 0 Å². The summed E-state index contributed by atoms with van der Waals surface area (Å²) in [7, 11) is 0. The summed E-state index contributed by atoms with van der Waals surface area (Å²) in [5.74, 6) is 0.736. The SMILES string of the molecule is c1ccc2c(c1)cnn2-c1cnc2ccccc2n1. The number of hydrogen-bond donors (Lipinski definition) is 0. The van der Waals surface area contributed by atoms with Crippen molar-refractivity contribution in [3.05, 3.63) is 60.9 Å². The van der Waals surface area contributed by atoms with E-state index in [9.17, 15) is 0 Å². The van der Waals surface area contributed by atoms with Crippen molar-refractivity contribution in [1.82, 2.24) is 19.7 Å². The number of para-hydroxylation sites is 3. The van der Waals surface area contributed by atoms with Gasteiger partial charge in [-0.25, -0.2) is 9.67 Å². The molecule has 2 aromatic carbocycles. The number of fused-ring (bicyclic) bond motifs is 2. The third-order valence-corrected chi connectivity index (χ3v) is 3.13. The first kappa shape index (κ1) is 10.2. The lowest BCUT2D eigenvalue weighted by molar-refractivity contribution is 0.874. The maximum Gasteiger partial charge on any atom is 0.173 e. The Bertz CT molecular complexity index is 879. The van der Waals surface area contributed by atoms with Crippen LogP contribution in [0.25, 0.3) is 27.8 Å². The van der Waals surface area contributed by atoms with E-state index in [0.717, 1.165) is 27.8 Å². The van der Waals surface area contributed by atoms with E-state index in [0.29, 0.717) is 0 Å². The van der Waals surface area contributed by atoms with Gasteiger partial charge in [0.2, 0.25) is 0 Å². The van der Waals surface area contributed by atoms with Gasteiger partial charge in [0.15, 0.2) is 5.82 Å². The summed E-state index contributed by atoms with van der Waals surface area (Å²) in [6.07, 6.45) is 3.59. The van der Waals surface area contributed by atoms with Crippen molar-refractivity contribution in [2.24, 2.45) is 0 Å². The van der Waals surface area contributed by atoms with Gasteiger partial charge in [-0.1, -0.05) is 30.3 Å². The van der Waals surface area contributed by atoms with E-state index in [1.807, 2.05) is 59.4 Å². The molecule has 4 aromatic rings. The minimum absolute atomic E-state index is 0.736. The molecular formula is C15H10N4. The first-order valence-electron chi connectivity index (χ1n) is 6.07. The maximum absolute atomic E-state index is 4.61. The van der Waals surface area contributed by atoms with Crippen molar-refractivity contribution < 1.29 is 0 Å². The smallest absolute Gasteiger partial charge is 0.173 e. The molecule has 0 bridgehead atoms. The Balaban J connectivity index is 1.99. The molecule has 0 N–H and O–H groups in total. The van der Waals surface area contributed by atoms with E-state index in [4.69, 9.17) is 0 Å². The fourth-order valence-corrected chi connectivity index (χ4v) is 2.20. The predicted molar refractivity (Wildman–Crippen MR) is 74.2 cm³/mol. The van der Waals surface area contributed by atoms with Crippen LogP contribution in [-0.4, -0.2) is 19.7 Å². The molecule has 0 saturated carbocycles. The second kappa shape index (κ2) is 3.88. The third kappa shape index (κ3) is 1.57. The number of hydrogen-bond acceptors (Lipinski definition) is 3. The lowest BCUT2D eigenvalue weighted by Gasteiger charge is -2.03. The average molecular weight is 246 g/mol. The van der Waals surface area contributed by atoms with Crippen LogP contribution in [-0.2, 0) is 0 Å². The van der Waals surface area contributed by atoms with Gasteiger partial charge in [-0.05, 0) is 18.2 Å². The Hall–Kier alpha value is -2.75. The summed E-state index contributed by atoms with van der Waals surface area (Å²) in [5.41, 5.74) is 2.80. The summed E-state index contributed by atoms with van der Waals surface area (Å²) in [6, 6.07) is 15.9. The molecule has 0 aliphatic heterocycles. The first-order valence-corrected chi connectivity index (χ1v) is 6.07. The van der Waals surface area contributed by atoms with Gasteiger partial charge in [0.1, 0.15) is 0 Å². The van der Waals surface area contributed by atoms with Crippen LogP contribution in [0, 0.1) is 0 Å². The average Bonchev–Trinajstić information content (AvgIpc) is 2.91. The van der Waals surface area contributed by atoms with Crippen LogP contribution in [0.2, 0.25) is 0 Å². The van der Waals surface area contributed by atoms with Gasteiger partial charge in [-0.3, -0.25) is 4.98 Å². The Morgan fingerprint density at radius 3 is 2.53 bits per heavy atom. The molecule has 2 aromatic heterocycles. The quantitative estimate of drug-likeness (QED) is 0.518. The number of rotatable bonds is 1. The van der Waals surface area contributed by atoms with Gasteiger partial charge in [-0.2, -0.15) is 5.10 Å². The maximum atomic E-state index is 4.61. The largest absolute Gasteiger partial charge is 0.251 e. The minimum Gasteiger partial charge on any atom is -0.251 e. The Kier molecular flexibility index (Phi) is 2.08. The molecule has 0 radical (unpaired) electrons. The lowest BCUT2D eigenvalue weighted by atomic mass is 10.2. The highest BCUT2D eigenvalue weighted by molar-refractivity contribution is 5.80. The summed E-state index contributed by atoms with van der Waals surface area (Å²) in [5, 5.41) is 5.48. The Morgan fingerprint density at radius 1 is 0.789 bits per heavy atom. The molecule has 0 spiro atoms. The zero-order valence-electron chi connectivity index (χ0n) is 10.1. The van der Waals surface area contributed by atoms with Crippen molar-refractivity contribution >= 4 is 21.9 Å². The van der Waals surface area contributed by atoms with Gasteiger partial charge in [-0.15, -0.1) is 0 Å². The van der Waals surface area contributed by atoms with E-state index in [1.54, 1.807) is 6.20 Å². The van der Waals surface area contributed by atoms with Crippen LogP contribution in [0.1, 0.15) is 0 Å². The highest BCUT2D eigenvalue weighted by Crippen LogP contribution is 2.17. The van der Waals surface area contributed by atoms with E-state index in [-0.39, 0.29) is 0 Å². The van der Waals surface area contributed by atoms with Crippen molar-refractivity contribution in [3.8, 4) is 5.82 Å². The van der Waals surface area contributed by atoms with Crippen LogP contribution in [0.4, 0.5) is 0 Å². The summed E-state index contributed by atoms with van der Waals surface area (Å²) >= 11 is 0. The summed E-state index contributed by atoms with van der Waals surface area (Å²) in [4.78, 5) is 9.03. The molecule has 0 fully saturated rings. The molecule has 2 heterocycles.